The number of likely N-dealkylation sites (tertiary alicyclic amines) is 1. The van der Waals surface area contributed by atoms with E-state index in [0.29, 0.717) is 10.8 Å². The molecule has 6 fully saturated rings. The average molecular weight is 393 g/mol. The molecular formula is C26H36N2O. The first-order valence-electron chi connectivity index (χ1n) is 11.9. The summed E-state index contributed by atoms with van der Waals surface area (Å²) in [6, 6.07) is 11.1. The van der Waals surface area contributed by atoms with Crippen molar-refractivity contribution in [2.45, 2.75) is 56.8 Å². The SMILES string of the molecule is CN1CC2(CCNCC2)C1.O=CC12CC3CC4CC(c5ccccc5)(C1)C4(C3)C2. The van der Waals surface area contributed by atoms with Crippen LogP contribution in [0.4, 0.5) is 0 Å². The summed E-state index contributed by atoms with van der Waals surface area (Å²) in [5, 5.41) is 3.40. The molecule has 6 aliphatic rings. The molecule has 2 spiro atoms. The predicted octanol–water partition coefficient (Wildman–Crippen LogP) is 4.03. The molecule has 3 bridgehead atoms. The summed E-state index contributed by atoms with van der Waals surface area (Å²) in [5.41, 5.74) is 3.14. The molecule has 1 aromatic carbocycles. The second-order valence-corrected chi connectivity index (χ2v) is 11.8. The maximum absolute atomic E-state index is 11.8. The normalized spacial score (nSPS) is 45.7. The van der Waals surface area contributed by atoms with Crippen LogP contribution in [0.3, 0.4) is 0 Å². The van der Waals surface area contributed by atoms with Crippen LogP contribution in [0.1, 0.15) is 56.9 Å². The highest BCUT2D eigenvalue weighted by atomic mass is 16.1. The molecule has 5 atom stereocenters. The van der Waals surface area contributed by atoms with E-state index in [4.69, 9.17) is 0 Å². The number of benzene rings is 1. The molecule has 3 heteroatoms. The Kier molecular flexibility index (Phi) is 3.95. The molecule has 0 amide bonds. The van der Waals surface area contributed by atoms with E-state index in [1.165, 1.54) is 83.0 Å². The Labute approximate surface area is 175 Å². The van der Waals surface area contributed by atoms with Crippen LogP contribution in [0, 0.1) is 28.1 Å². The molecule has 0 aromatic heterocycles. The highest BCUT2D eigenvalue weighted by molar-refractivity contribution is 5.64. The molecule has 2 aliphatic heterocycles. The van der Waals surface area contributed by atoms with Gasteiger partial charge in [0.25, 0.3) is 0 Å². The van der Waals surface area contributed by atoms with Gasteiger partial charge in [-0.2, -0.15) is 0 Å². The molecule has 2 heterocycles. The first kappa shape index (κ1) is 18.6. The Morgan fingerprint density at radius 3 is 2.48 bits per heavy atom. The number of aldehydes is 1. The van der Waals surface area contributed by atoms with Crippen molar-refractivity contribution in [1.82, 2.24) is 10.2 Å². The average Bonchev–Trinajstić information content (AvgIpc) is 3.03. The predicted molar refractivity (Wildman–Crippen MR) is 116 cm³/mol. The van der Waals surface area contributed by atoms with Crippen molar-refractivity contribution in [1.29, 1.82) is 0 Å². The summed E-state index contributed by atoms with van der Waals surface area (Å²) in [4.78, 5) is 14.2. The summed E-state index contributed by atoms with van der Waals surface area (Å²) >= 11 is 0. The van der Waals surface area contributed by atoms with E-state index >= 15 is 0 Å². The third-order valence-electron chi connectivity index (χ3n) is 10.1. The summed E-state index contributed by atoms with van der Waals surface area (Å²) < 4.78 is 0. The van der Waals surface area contributed by atoms with Gasteiger partial charge in [0.05, 0.1) is 0 Å². The molecule has 0 radical (unpaired) electrons. The lowest BCUT2D eigenvalue weighted by Crippen LogP contribution is -2.58. The molecule has 4 aliphatic carbocycles. The summed E-state index contributed by atoms with van der Waals surface area (Å²) in [6.45, 7) is 5.17. The van der Waals surface area contributed by atoms with Crippen molar-refractivity contribution in [3.05, 3.63) is 35.9 Å². The second-order valence-electron chi connectivity index (χ2n) is 11.8. The number of carbonyl (C=O) groups excluding carboxylic acids is 1. The van der Waals surface area contributed by atoms with Gasteiger partial charge < -0.3 is 15.0 Å². The summed E-state index contributed by atoms with van der Waals surface area (Å²) in [7, 11) is 2.22. The van der Waals surface area contributed by atoms with Crippen LogP contribution in [0.25, 0.3) is 0 Å². The van der Waals surface area contributed by atoms with Gasteiger partial charge in [-0.3, -0.25) is 0 Å². The van der Waals surface area contributed by atoms with E-state index in [9.17, 15) is 4.79 Å². The van der Waals surface area contributed by atoms with Crippen LogP contribution in [-0.2, 0) is 10.2 Å². The van der Waals surface area contributed by atoms with Crippen LogP contribution in [0.2, 0.25) is 0 Å². The van der Waals surface area contributed by atoms with E-state index in [0.717, 1.165) is 23.7 Å². The van der Waals surface area contributed by atoms with Gasteiger partial charge in [0, 0.05) is 23.9 Å². The van der Waals surface area contributed by atoms with Crippen molar-refractivity contribution < 1.29 is 4.79 Å². The van der Waals surface area contributed by atoms with Crippen molar-refractivity contribution in [3.63, 3.8) is 0 Å². The van der Waals surface area contributed by atoms with Crippen molar-refractivity contribution in [3.8, 4) is 0 Å². The smallest absolute Gasteiger partial charge is 0.126 e. The second kappa shape index (κ2) is 6.17. The largest absolute Gasteiger partial charge is 0.317 e. The number of piperidine rings is 1. The van der Waals surface area contributed by atoms with Crippen LogP contribution in [0.15, 0.2) is 30.3 Å². The molecular weight excluding hydrogens is 356 g/mol. The zero-order chi connectivity index (χ0) is 19.7. The molecule has 3 nitrogen and oxygen atoms in total. The fourth-order valence-electron chi connectivity index (χ4n) is 9.32. The number of nitrogens with zero attached hydrogens (tertiary/aromatic N) is 1. The quantitative estimate of drug-likeness (QED) is 0.772. The van der Waals surface area contributed by atoms with Crippen LogP contribution < -0.4 is 5.32 Å². The molecule has 156 valence electrons. The van der Waals surface area contributed by atoms with E-state index < -0.39 is 0 Å². The lowest BCUT2D eigenvalue weighted by molar-refractivity contribution is -0.118. The Morgan fingerprint density at radius 2 is 1.79 bits per heavy atom. The van der Waals surface area contributed by atoms with E-state index in [-0.39, 0.29) is 5.41 Å². The summed E-state index contributed by atoms with van der Waals surface area (Å²) in [5.74, 6) is 1.76. The minimum Gasteiger partial charge on any atom is -0.317 e. The van der Waals surface area contributed by atoms with Crippen molar-refractivity contribution in [2.75, 3.05) is 33.2 Å². The van der Waals surface area contributed by atoms with Gasteiger partial charge in [-0.15, -0.1) is 0 Å². The number of rotatable bonds is 2. The Hall–Kier alpha value is -1.19. The minimum absolute atomic E-state index is 0.0318. The monoisotopic (exact) mass is 392 g/mol. The molecule has 1 aromatic rings. The Bertz CT molecular complexity index is 787. The Balaban J connectivity index is 0.000000140. The lowest BCUT2D eigenvalue weighted by atomic mass is 9.44. The molecule has 4 saturated carbocycles. The standard InChI is InChI=1S/C18H20O.C8H16N2/c19-12-16-7-13-6-15-9-18(11-16,17(15,8-13)10-16)14-4-2-1-3-5-14;1-10-6-8(7-10)2-4-9-5-3-8/h1-5,12-13,15H,6-11H2;9H,2-7H2,1H3. The first-order valence-corrected chi connectivity index (χ1v) is 11.9. The number of hydrogen-bond donors (Lipinski definition) is 1. The van der Waals surface area contributed by atoms with Crippen LogP contribution in [0.5, 0.6) is 0 Å². The van der Waals surface area contributed by atoms with E-state index in [1.807, 2.05) is 0 Å². The fourth-order valence-corrected chi connectivity index (χ4v) is 9.32. The highest BCUT2D eigenvalue weighted by Gasteiger charge is 2.78. The zero-order valence-corrected chi connectivity index (χ0v) is 18.0. The molecule has 1 N–H and O–H groups in total. The number of carbonyl (C=O) groups is 1. The molecule has 2 saturated heterocycles. The fraction of sp³-hybridized carbons (Fsp3) is 0.731. The van der Waals surface area contributed by atoms with E-state index in [2.05, 4.69) is 47.6 Å². The van der Waals surface area contributed by atoms with Crippen molar-refractivity contribution >= 4 is 6.29 Å². The topological polar surface area (TPSA) is 32.3 Å². The van der Waals surface area contributed by atoms with Crippen LogP contribution >= 0.6 is 0 Å². The Morgan fingerprint density at radius 1 is 1.03 bits per heavy atom. The van der Waals surface area contributed by atoms with Gasteiger partial charge in [-0.1, -0.05) is 30.3 Å². The number of fused-ring (bicyclic) bond motifs is 2. The van der Waals surface area contributed by atoms with Gasteiger partial charge in [0.2, 0.25) is 0 Å². The van der Waals surface area contributed by atoms with Gasteiger partial charge >= 0.3 is 0 Å². The molecule has 5 unspecified atom stereocenters. The van der Waals surface area contributed by atoms with Gasteiger partial charge in [0.1, 0.15) is 6.29 Å². The lowest BCUT2D eigenvalue weighted by Gasteiger charge is -2.59. The van der Waals surface area contributed by atoms with Crippen LogP contribution in [-0.4, -0.2) is 44.4 Å². The maximum atomic E-state index is 11.8. The number of nitrogens with one attached hydrogen (secondary N) is 1. The first-order chi connectivity index (χ1) is 14.0. The van der Waals surface area contributed by atoms with Gasteiger partial charge in [-0.25, -0.2) is 0 Å². The van der Waals surface area contributed by atoms with Gasteiger partial charge in [0.15, 0.2) is 0 Å². The zero-order valence-electron chi connectivity index (χ0n) is 18.0. The third kappa shape index (κ3) is 2.47. The van der Waals surface area contributed by atoms with Gasteiger partial charge in [-0.05, 0) is 99.7 Å². The highest BCUT2D eigenvalue weighted by Crippen LogP contribution is 2.83. The van der Waals surface area contributed by atoms with E-state index in [1.54, 1.807) is 0 Å². The summed E-state index contributed by atoms with van der Waals surface area (Å²) in [6.07, 6.45) is 11.8. The third-order valence-corrected chi connectivity index (χ3v) is 10.1. The maximum Gasteiger partial charge on any atom is 0.126 e. The molecule has 29 heavy (non-hydrogen) atoms. The minimum atomic E-state index is 0.0318. The number of hydrogen-bond acceptors (Lipinski definition) is 3. The molecule has 7 rings (SSSR count). The van der Waals surface area contributed by atoms with Crippen molar-refractivity contribution in [2.24, 2.45) is 28.1 Å².